The van der Waals surface area contributed by atoms with E-state index in [9.17, 15) is 4.79 Å². The van der Waals surface area contributed by atoms with Gasteiger partial charge in [-0.1, -0.05) is 16.8 Å². The fourth-order valence-electron chi connectivity index (χ4n) is 2.66. The first-order valence-electron chi connectivity index (χ1n) is 9.12. The molecule has 3 rings (SSSR count). The topological polar surface area (TPSA) is 80.0 Å². The molecule has 30 heavy (non-hydrogen) atoms. The zero-order chi connectivity index (χ0) is 21.7. The number of aromatic nitrogens is 1. The van der Waals surface area contributed by atoms with Crippen molar-refractivity contribution >= 4 is 17.6 Å². The molecule has 0 aliphatic heterocycles. The molecule has 0 aliphatic rings. The maximum atomic E-state index is 12.5. The van der Waals surface area contributed by atoms with Crippen LogP contribution in [0.15, 0.2) is 53.1 Å². The number of rotatable bonds is 8. The van der Waals surface area contributed by atoms with E-state index in [4.69, 9.17) is 35.1 Å². The predicted octanol–water partition coefficient (Wildman–Crippen LogP) is 4.91. The number of hydrogen-bond donors (Lipinski definition) is 0. The molecule has 0 fully saturated rings. The number of nitrogens with zero attached hydrogens (tertiary/aromatic N) is 1. The second-order valence-electron chi connectivity index (χ2n) is 6.89. The van der Waals surface area contributed by atoms with Crippen LogP contribution in [0.4, 0.5) is 0 Å². The van der Waals surface area contributed by atoms with Crippen molar-refractivity contribution in [1.82, 2.24) is 5.16 Å². The third-order valence-corrected chi connectivity index (χ3v) is 4.51. The lowest BCUT2D eigenvalue weighted by Crippen LogP contribution is -2.39. The van der Waals surface area contributed by atoms with E-state index < -0.39 is 11.6 Å². The molecule has 7 nitrogen and oxygen atoms in total. The van der Waals surface area contributed by atoms with Crippen LogP contribution in [0.25, 0.3) is 11.3 Å². The molecule has 0 radical (unpaired) electrons. The van der Waals surface area contributed by atoms with E-state index in [1.165, 1.54) is 0 Å². The Kier molecular flexibility index (Phi) is 6.52. The molecule has 2 aromatic carbocycles. The molecule has 0 aliphatic carbocycles. The van der Waals surface area contributed by atoms with Gasteiger partial charge in [-0.3, -0.25) is 0 Å². The molecule has 0 saturated heterocycles. The molecule has 0 bridgehead atoms. The van der Waals surface area contributed by atoms with Crippen LogP contribution in [0, 0.1) is 0 Å². The van der Waals surface area contributed by atoms with E-state index in [0.717, 1.165) is 5.56 Å². The Morgan fingerprint density at radius 1 is 1.03 bits per heavy atom. The number of methoxy groups -OCH3 is 2. The zero-order valence-corrected chi connectivity index (χ0v) is 17.9. The largest absolute Gasteiger partial charge is 0.493 e. The van der Waals surface area contributed by atoms with Gasteiger partial charge in [0.15, 0.2) is 22.9 Å². The fourth-order valence-corrected chi connectivity index (χ4v) is 2.78. The summed E-state index contributed by atoms with van der Waals surface area (Å²) in [5.41, 5.74) is 0.0311. The summed E-state index contributed by atoms with van der Waals surface area (Å²) in [4.78, 5) is 12.5. The van der Waals surface area contributed by atoms with Crippen molar-refractivity contribution in [2.24, 2.45) is 0 Å². The van der Waals surface area contributed by atoms with Crippen molar-refractivity contribution in [1.29, 1.82) is 0 Å². The van der Waals surface area contributed by atoms with Gasteiger partial charge >= 0.3 is 5.97 Å². The van der Waals surface area contributed by atoms with E-state index in [1.54, 1.807) is 70.5 Å². The van der Waals surface area contributed by atoms with Crippen LogP contribution in [-0.2, 0) is 16.1 Å². The summed E-state index contributed by atoms with van der Waals surface area (Å²) < 4.78 is 27.0. The lowest BCUT2D eigenvalue weighted by molar-refractivity contribution is -0.160. The smallest absolute Gasteiger partial charge is 0.350 e. The van der Waals surface area contributed by atoms with Gasteiger partial charge in [0.2, 0.25) is 0 Å². The van der Waals surface area contributed by atoms with E-state index >= 15 is 0 Å². The first-order chi connectivity index (χ1) is 14.3. The van der Waals surface area contributed by atoms with Crippen LogP contribution in [0.1, 0.15) is 19.5 Å². The predicted molar refractivity (Wildman–Crippen MR) is 111 cm³/mol. The van der Waals surface area contributed by atoms with E-state index in [2.05, 4.69) is 5.16 Å². The average Bonchev–Trinajstić information content (AvgIpc) is 3.22. The number of esters is 1. The molecule has 0 N–H and O–H groups in total. The molecule has 0 spiro atoms. The van der Waals surface area contributed by atoms with Crippen LogP contribution in [0.3, 0.4) is 0 Å². The van der Waals surface area contributed by atoms with Gasteiger partial charge in [0, 0.05) is 16.7 Å². The normalized spacial score (nSPS) is 11.1. The van der Waals surface area contributed by atoms with E-state index in [1.807, 2.05) is 6.07 Å². The summed E-state index contributed by atoms with van der Waals surface area (Å²) in [6.07, 6.45) is 0. The molecule has 1 aromatic heterocycles. The van der Waals surface area contributed by atoms with Crippen LogP contribution < -0.4 is 14.2 Å². The Bertz CT molecular complexity index is 1010. The molecule has 3 aromatic rings. The Morgan fingerprint density at radius 2 is 1.73 bits per heavy atom. The van der Waals surface area contributed by atoms with Gasteiger partial charge in [-0.05, 0) is 56.3 Å². The molecular formula is C22H22ClNO6. The van der Waals surface area contributed by atoms with Crippen molar-refractivity contribution in [3.05, 3.63) is 59.2 Å². The molecule has 0 unspecified atom stereocenters. The fraction of sp³-hybridized carbons (Fsp3) is 0.273. The highest BCUT2D eigenvalue weighted by atomic mass is 35.5. The Labute approximate surface area is 179 Å². The van der Waals surface area contributed by atoms with Gasteiger partial charge in [-0.25, -0.2) is 4.79 Å². The Morgan fingerprint density at radius 3 is 2.40 bits per heavy atom. The highest BCUT2D eigenvalue weighted by molar-refractivity contribution is 6.30. The maximum Gasteiger partial charge on any atom is 0.350 e. The van der Waals surface area contributed by atoms with E-state index in [-0.39, 0.29) is 6.61 Å². The first kappa shape index (κ1) is 21.5. The maximum absolute atomic E-state index is 12.5. The summed E-state index contributed by atoms with van der Waals surface area (Å²) >= 11 is 5.87. The van der Waals surface area contributed by atoms with Gasteiger partial charge in [0.1, 0.15) is 18.1 Å². The molecule has 8 heteroatoms. The number of carbonyl (C=O) groups is 1. The second kappa shape index (κ2) is 9.09. The number of hydrogen-bond acceptors (Lipinski definition) is 7. The minimum absolute atomic E-state index is 0.0525. The third-order valence-electron chi connectivity index (χ3n) is 4.26. The number of carbonyl (C=O) groups excluding carboxylic acids is 1. The van der Waals surface area contributed by atoms with Gasteiger partial charge in [0.25, 0.3) is 0 Å². The summed E-state index contributed by atoms with van der Waals surface area (Å²) in [5.74, 6) is 1.67. The lowest BCUT2D eigenvalue weighted by atomic mass is 10.1. The average molecular weight is 432 g/mol. The number of benzene rings is 2. The minimum Gasteiger partial charge on any atom is -0.493 e. The van der Waals surface area contributed by atoms with E-state index in [0.29, 0.717) is 33.7 Å². The third kappa shape index (κ3) is 5.04. The molecular weight excluding hydrogens is 410 g/mol. The Hall–Kier alpha value is -3.19. The minimum atomic E-state index is -1.19. The number of halogens is 1. The van der Waals surface area contributed by atoms with Crippen molar-refractivity contribution in [3.63, 3.8) is 0 Å². The summed E-state index contributed by atoms with van der Waals surface area (Å²) in [7, 11) is 3.12. The van der Waals surface area contributed by atoms with Gasteiger partial charge in [-0.15, -0.1) is 0 Å². The van der Waals surface area contributed by atoms with Gasteiger partial charge in [0.05, 0.1) is 14.2 Å². The number of ether oxygens (including phenoxy) is 4. The highest BCUT2D eigenvalue weighted by Crippen LogP contribution is 2.32. The first-order valence-corrected chi connectivity index (χ1v) is 9.50. The van der Waals surface area contributed by atoms with Gasteiger partial charge < -0.3 is 23.5 Å². The lowest BCUT2D eigenvalue weighted by Gasteiger charge is -2.24. The molecule has 0 atom stereocenters. The Balaban J connectivity index is 1.63. The molecule has 1 heterocycles. The zero-order valence-electron chi connectivity index (χ0n) is 17.1. The SMILES string of the molecule is COc1ccc(-c2cc(COC(=O)C(C)(C)Oc3ccc(Cl)cc3)no2)cc1OC. The molecule has 158 valence electrons. The molecule has 0 saturated carbocycles. The van der Waals surface area contributed by atoms with Crippen molar-refractivity contribution in [3.8, 4) is 28.6 Å². The molecule has 0 amide bonds. The van der Waals surface area contributed by atoms with Crippen LogP contribution in [0.5, 0.6) is 17.2 Å². The quantitative estimate of drug-likeness (QED) is 0.468. The summed E-state index contributed by atoms with van der Waals surface area (Å²) in [6.45, 7) is 3.20. The standard InChI is InChI=1S/C22H22ClNO6/c1-22(2,29-17-8-6-15(23)7-9-17)21(25)28-13-16-12-19(30-24-16)14-5-10-18(26-3)20(11-14)27-4/h5-12H,13H2,1-4H3. The highest BCUT2D eigenvalue weighted by Gasteiger charge is 2.32. The van der Waals surface area contributed by atoms with Crippen LogP contribution >= 0.6 is 11.6 Å². The van der Waals surface area contributed by atoms with Crippen molar-refractivity contribution in [2.75, 3.05) is 14.2 Å². The van der Waals surface area contributed by atoms with Gasteiger partial charge in [-0.2, -0.15) is 0 Å². The van der Waals surface area contributed by atoms with Crippen LogP contribution in [-0.4, -0.2) is 30.9 Å². The monoisotopic (exact) mass is 431 g/mol. The van der Waals surface area contributed by atoms with Crippen molar-refractivity contribution in [2.45, 2.75) is 26.1 Å². The summed E-state index contributed by atoms with van der Waals surface area (Å²) in [6, 6.07) is 13.8. The second-order valence-corrected chi connectivity index (χ2v) is 7.33. The van der Waals surface area contributed by atoms with Crippen LogP contribution in [0.2, 0.25) is 5.02 Å². The van der Waals surface area contributed by atoms with Crippen molar-refractivity contribution < 1.29 is 28.3 Å². The summed E-state index contributed by atoms with van der Waals surface area (Å²) in [5, 5.41) is 4.54.